The van der Waals surface area contributed by atoms with Crippen LogP contribution in [0.3, 0.4) is 0 Å². The Bertz CT molecular complexity index is 59.2. The molecule has 0 aliphatic carbocycles. The molecule has 0 heterocycles. The van der Waals surface area contributed by atoms with Crippen LogP contribution in [-0.2, 0) is 4.79 Å². The summed E-state index contributed by atoms with van der Waals surface area (Å²) in [6.45, 7) is 1.08. The van der Waals surface area contributed by atoms with Gasteiger partial charge in [-0.15, -0.1) is 0 Å². The van der Waals surface area contributed by atoms with Gasteiger partial charge in [-0.3, -0.25) is 4.79 Å². The molecule has 0 amide bonds. The third kappa shape index (κ3) is 1900000. The average Bonchev–Trinajstić information content (AvgIpc) is 1.25. The Kier molecular flexibility index (Phi) is 19.4. The van der Waals surface area contributed by atoms with E-state index in [0.29, 0.717) is 0 Å². The van der Waals surface area contributed by atoms with Crippen molar-refractivity contribution in [3.8, 4) is 0 Å². The number of aliphatic carboxylic acids is 1. The minimum absolute atomic E-state index is 0. The van der Waals surface area contributed by atoms with Crippen molar-refractivity contribution in [3.05, 3.63) is 0 Å². The van der Waals surface area contributed by atoms with Gasteiger partial charge in [0, 0.05) is 6.92 Å². The molecule has 0 aliphatic heterocycles. The van der Waals surface area contributed by atoms with E-state index in [2.05, 4.69) is 0 Å². The zero-order valence-corrected chi connectivity index (χ0v) is 4.27. The van der Waals surface area contributed by atoms with E-state index in [4.69, 9.17) is 25.0 Å². The quantitative estimate of drug-likeness (QED) is 0.269. The molecule has 0 fully saturated rings. The number of hydrogen-bond acceptors (Lipinski definition) is 4. The standard InChI is InChI=1S/C2H4O2.BH3O3.Li.H/c1-2(3)4;2-1(3)4;;/h1H3,(H,3,4);2-4H;;. The molecular weight excluding hydrogens is 122 g/mol. The van der Waals surface area contributed by atoms with Gasteiger partial charge in [0.05, 0.1) is 0 Å². The second-order valence-corrected chi connectivity index (χ2v) is 0.865. The van der Waals surface area contributed by atoms with Crippen LogP contribution in [0.25, 0.3) is 0 Å². The van der Waals surface area contributed by atoms with Crippen LogP contribution < -0.4 is 0 Å². The van der Waals surface area contributed by atoms with Gasteiger partial charge < -0.3 is 20.2 Å². The van der Waals surface area contributed by atoms with Crippen LogP contribution in [0.1, 0.15) is 6.92 Å². The molecule has 50 valence electrons. The van der Waals surface area contributed by atoms with E-state index < -0.39 is 13.3 Å². The molecule has 0 rings (SSSR count). The Morgan fingerprint density at radius 1 is 1.33 bits per heavy atom. The average molecular weight is 130 g/mol. The predicted octanol–water partition coefficient (Wildman–Crippen LogP) is -2.61. The van der Waals surface area contributed by atoms with E-state index in [-0.39, 0.29) is 18.9 Å². The zero-order chi connectivity index (χ0) is 7.15. The summed E-state index contributed by atoms with van der Waals surface area (Å²) in [5.41, 5.74) is 0. The third-order valence-corrected chi connectivity index (χ3v) is 0. The summed E-state index contributed by atoms with van der Waals surface area (Å²) in [6, 6.07) is 0. The van der Waals surface area contributed by atoms with Crippen LogP contribution >= 0.6 is 0 Å². The van der Waals surface area contributed by atoms with Gasteiger partial charge in [-0.1, -0.05) is 0 Å². The molecule has 0 saturated carbocycles. The SMILES string of the molecule is CC(=O)O.OB(O)O.[LiH]. The first-order valence-electron chi connectivity index (χ1n) is 1.70. The number of carboxylic acids is 1. The first-order valence-corrected chi connectivity index (χ1v) is 1.70. The summed E-state index contributed by atoms with van der Waals surface area (Å²) in [6.07, 6.45) is 0. The van der Waals surface area contributed by atoms with Crippen LogP contribution in [0.5, 0.6) is 0 Å². The summed E-state index contributed by atoms with van der Waals surface area (Å²) in [4.78, 5) is 9.00. The van der Waals surface area contributed by atoms with Crippen molar-refractivity contribution in [2.45, 2.75) is 6.92 Å². The first kappa shape index (κ1) is 16.0. The molecule has 0 radical (unpaired) electrons. The van der Waals surface area contributed by atoms with Gasteiger partial charge in [-0.05, 0) is 0 Å². The molecule has 5 nitrogen and oxygen atoms in total. The maximum atomic E-state index is 9.00. The molecule has 9 heavy (non-hydrogen) atoms. The molecule has 0 unspecified atom stereocenters. The molecule has 7 heteroatoms. The Morgan fingerprint density at radius 2 is 1.33 bits per heavy atom. The molecule has 0 spiro atoms. The molecule has 0 aromatic carbocycles. The summed E-state index contributed by atoms with van der Waals surface area (Å²) in [7, 11) is -2.17. The summed E-state index contributed by atoms with van der Waals surface area (Å²) in [5.74, 6) is -0.833. The number of carboxylic acid groups (broad SMARTS) is 1. The molecule has 0 aromatic rings. The zero-order valence-electron chi connectivity index (χ0n) is 4.27. The van der Waals surface area contributed by atoms with Crippen LogP contribution in [0.4, 0.5) is 0 Å². The van der Waals surface area contributed by atoms with Gasteiger partial charge >= 0.3 is 26.2 Å². The van der Waals surface area contributed by atoms with Gasteiger partial charge in [0.1, 0.15) is 0 Å². The van der Waals surface area contributed by atoms with Crippen molar-refractivity contribution in [2.24, 2.45) is 0 Å². The fourth-order valence-corrected chi connectivity index (χ4v) is 0. The fourth-order valence-electron chi connectivity index (χ4n) is 0. The second-order valence-electron chi connectivity index (χ2n) is 0.865. The normalized spacial score (nSPS) is 5.78. The van der Waals surface area contributed by atoms with E-state index >= 15 is 0 Å². The van der Waals surface area contributed by atoms with E-state index in [9.17, 15) is 0 Å². The fraction of sp³-hybridized carbons (Fsp3) is 0.500. The molecule has 0 saturated heterocycles. The summed E-state index contributed by atoms with van der Waals surface area (Å²) >= 11 is 0. The van der Waals surface area contributed by atoms with Crippen LogP contribution in [0.15, 0.2) is 0 Å². The summed E-state index contributed by atoms with van der Waals surface area (Å²) in [5, 5.41) is 28.9. The Hall–Kier alpha value is 0.0123. The van der Waals surface area contributed by atoms with E-state index in [1.807, 2.05) is 0 Å². The molecular formula is C2H8BLiO5. The molecule has 0 aromatic heterocycles. The van der Waals surface area contributed by atoms with Crippen molar-refractivity contribution in [3.63, 3.8) is 0 Å². The monoisotopic (exact) mass is 130 g/mol. The number of carbonyl (C=O) groups is 1. The van der Waals surface area contributed by atoms with E-state index in [1.54, 1.807) is 0 Å². The van der Waals surface area contributed by atoms with Crippen molar-refractivity contribution < 1.29 is 25.0 Å². The molecule has 0 atom stereocenters. The van der Waals surface area contributed by atoms with Gasteiger partial charge in [0.15, 0.2) is 0 Å². The topological polar surface area (TPSA) is 98.0 Å². The molecule has 0 bridgehead atoms. The van der Waals surface area contributed by atoms with Crippen LogP contribution in [0, 0.1) is 0 Å². The van der Waals surface area contributed by atoms with Crippen molar-refractivity contribution in [1.82, 2.24) is 0 Å². The maximum absolute atomic E-state index is 9.00. The van der Waals surface area contributed by atoms with E-state index in [1.165, 1.54) is 0 Å². The van der Waals surface area contributed by atoms with E-state index in [0.717, 1.165) is 6.92 Å². The minimum atomic E-state index is -2.17. The Morgan fingerprint density at radius 3 is 1.33 bits per heavy atom. The van der Waals surface area contributed by atoms with Crippen molar-refractivity contribution in [1.29, 1.82) is 0 Å². The molecule has 4 N–H and O–H groups in total. The Balaban J connectivity index is -0.0000000720. The summed E-state index contributed by atoms with van der Waals surface area (Å²) < 4.78 is 0. The first-order chi connectivity index (χ1) is 3.46. The predicted molar refractivity (Wildman–Crippen MR) is 32.9 cm³/mol. The van der Waals surface area contributed by atoms with Crippen LogP contribution in [0.2, 0.25) is 0 Å². The Labute approximate surface area is 64.7 Å². The van der Waals surface area contributed by atoms with Crippen LogP contribution in [-0.4, -0.2) is 52.3 Å². The van der Waals surface area contributed by atoms with Gasteiger partial charge in [-0.2, -0.15) is 0 Å². The second kappa shape index (κ2) is 10.9. The van der Waals surface area contributed by atoms with Crippen molar-refractivity contribution in [2.75, 3.05) is 0 Å². The van der Waals surface area contributed by atoms with Gasteiger partial charge in [0.2, 0.25) is 0 Å². The third-order valence-electron chi connectivity index (χ3n) is 0. The van der Waals surface area contributed by atoms with Gasteiger partial charge in [-0.25, -0.2) is 0 Å². The van der Waals surface area contributed by atoms with Gasteiger partial charge in [0.25, 0.3) is 5.97 Å². The van der Waals surface area contributed by atoms with Crippen molar-refractivity contribution >= 4 is 32.2 Å². The number of rotatable bonds is 0. The number of hydrogen-bond donors (Lipinski definition) is 4. The molecule has 0 aliphatic rings.